The minimum atomic E-state index is -0.869. The molecule has 1 heterocycles. The number of benzene rings is 3. The Kier molecular flexibility index (Phi) is 6.57. The van der Waals surface area contributed by atoms with Crippen molar-refractivity contribution in [3.63, 3.8) is 0 Å². The van der Waals surface area contributed by atoms with E-state index in [4.69, 9.17) is 5.11 Å². The van der Waals surface area contributed by atoms with Gasteiger partial charge < -0.3 is 20.2 Å². The third-order valence-corrected chi connectivity index (χ3v) is 5.99. The highest BCUT2D eigenvalue weighted by atomic mass is 16.4. The highest BCUT2D eigenvalue weighted by Gasteiger charge is 2.31. The molecule has 1 fully saturated rings. The first-order chi connectivity index (χ1) is 15.6. The van der Waals surface area contributed by atoms with Crippen LogP contribution in [0, 0.1) is 0 Å². The third-order valence-electron chi connectivity index (χ3n) is 5.99. The van der Waals surface area contributed by atoms with Crippen LogP contribution in [0.25, 0.3) is 11.1 Å². The molecule has 1 aliphatic rings. The number of hydrogen-bond donors (Lipinski definition) is 3. The second-order valence-corrected chi connectivity index (χ2v) is 8.10. The van der Waals surface area contributed by atoms with Crippen molar-refractivity contribution in [3.8, 4) is 5.75 Å². The molecule has 5 nitrogen and oxygen atoms in total. The maximum atomic E-state index is 11.1. The van der Waals surface area contributed by atoms with Crippen molar-refractivity contribution in [1.82, 2.24) is 4.90 Å². The molecule has 0 aliphatic carbocycles. The van der Waals surface area contributed by atoms with Gasteiger partial charge in [0.05, 0.1) is 0 Å². The van der Waals surface area contributed by atoms with E-state index in [9.17, 15) is 15.0 Å². The molecule has 0 spiro atoms. The Morgan fingerprint density at radius 2 is 1.44 bits per heavy atom. The number of phenolic OH excluding ortho intramolecular Hbond substituents is 1. The lowest BCUT2D eigenvalue weighted by molar-refractivity contribution is 0.105. The standard InChI is InChI=1S/C27H27NO4/c29-16-4-7-25(20-5-2-1-3-6-20)26(22-12-14-24(30)15-13-22)21-10-8-19(9-11-21)23-17-28(18-23)27(31)32/h1-3,5-6,8-15,23,29-30H,4,7,16-18H2,(H,31,32). The highest BCUT2D eigenvalue weighted by molar-refractivity contribution is 5.98. The Bertz CT molecular complexity index is 1080. The monoisotopic (exact) mass is 429 g/mol. The SMILES string of the molecule is O=C(O)N1CC(c2ccc(C(=C(CCCO)c3ccccc3)c3ccc(O)cc3)cc2)C1. The Hall–Kier alpha value is -3.57. The van der Waals surface area contributed by atoms with Crippen LogP contribution < -0.4 is 0 Å². The van der Waals surface area contributed by atoms with Crippen LogP contribution in [0.15, 0.2) is 78.9 Å². The smallest absolute Gasteiger partial charge is 0.407 e. The molecular formula is C27H27NO4. The number of carbonyl (C=O) groups is 1. The number of likely N-dealkylation sites (tertiary alicyclic amines) is 1. The van der Waals surface area contributed by atoms with Crippen LogP contribution in [0.5, 0.6) is 5.75 Å². The van der Waals surface area contributed by atoms with Crippen LogP contribution in [0.4, 0.5) is 4.79 Å². The van der Waals surface area contributed by atoms with Gasteiger partial charge in [0.2, 0.25) is 0 Å². The van der Waals surface area contributed by atoms with Gasteiger partial charge in [0.1, 0.15) is 5.75 Å². The van der Waals surface area contributed by atoms with Crippen molar-refractivity contribution in [2.75, 3.05) is 19.7 Å². The minimum absolute atomic E-state index is 0.111. The summed E-state index contributed by atoms with van der Waals surface area (Å²) in [6.45, 7) is 1.17. The van der Waals surface area contributed by atoms with Gasteiger partial charge in [0.25, 0.3) is 0 Å². The molecule has 3 aromatic rings. The number of rotatable bonds is 7. The quantitative estimate of drug-likeness (QED) is 0.451. The van der Waals surface area contributed by atoms with Crippen LogP contribution in [-0.2, 0) is 0 Å². The van der Waals surface area contributed by atoms with Crippen LogP contribution in [-0.4, -0.2) is 46.0 Å². The topological polar surface area (TPSA) is 81.0 Å². The number of hydrogen-bond acceptors (Lipinski definition) is 3. The number of phenols is 1. The normalized spacial score (nSPS) is 14.6. The van der Waals surface area contributed by atoms with Gasteiger partial charge in [-0.25, -0.2) is 4.79 Å². The molecule has 1 amide bonds. The van der Waals surface area contributed by atoms with Crippen molar-refractivity contribution in [1.29, 1.82) is 0 Å². The zero-order valence-corrected chi connectivity index (χ0v) is 17.8. The molecule has 1 aliphatic heterocycles. The molecule has 0 atom stereocenters. The number of carboxylic acid groups (broad SMARTS) is 1. The van der Waals surface area contributed by atoms with Crippen LogP contribution >= 0.6 is 0 Å². The largest absolute Gasteiger partial charge is 0.508 e. The van der Waals surface area contributed by atoms with Crippen LogP contribution in [0.2, 0.25) is 0 Å². The summed E-state index contributed by atoms with van der Waals surface area (Å²) in [6.07, 6.45) is 0.498. The Labute approximate surface area is 187 Å². The molecule has 0 radical (unpaired) electrons. The molecule has 4 rings (SSSR count). The first kappa shape index (κ1) is 21.7. The van der Waals surface area contributed by atoms with E-state index < -0.39 is 6.09 Å². The summed E-state index contributed by atoms with van der Waals surface area (Å²) in [5.74, 6) is 0.442. The van der Waals surface area contributed by atoms with E-state index in [0.29, 0.717) is 25.9 Å². The molecule has 5 heteroatoms. The van der Waals surface area contributed by atoms with E-state index in [1.54, 1.807) is 12.1 Å². The van der Waals surface area contributed by atoms with Crippen molar-refractivity contribution < 1.29 is 20.1 Å². The van der Waals surface area contributed by atoms with Crippen LogP contribution in [0.1, 0.15) is 41.0 Å². The molecular weight excluding hydrogens is 402 g/mol. The maximum Gasteiger partial charge on any atom is 0.407 e. The fraction of sp³-hybridized carbons (Fsp3) is 0.222. The lowest BCUT2D eigenvalue weighted by Gasteiger charge is -2.37. The summed E-state index contributed by atoms with van der Waals surface area (Å²) in [5.41, 5.74) is 6.48. The van der Waals surface area contributed by atoms with E-state index in [-0.39, 0.29) is 18.3 Å². The van der Waals surface area contributed by atoms with Crippen molar-refractivity contribution >= 4 is 17.2 Å². The second-order valence-electron chi connectivity index (χ2n) is 8.10. The van der Waals surface area contributed by atoms with Gasteiger partial charge >= 0.3 is 6.09 Å². The van der Waals surface area contributed by atoms with Gasteiger partial charge in [-0.2, -0.15) is 0 Å². The molecule has 32 heavy (non-hydrogen) atoms. The minimum Gasteiger partial charge on any atom is -0.508 e. The molecule has 0 saturated carbocycles. The number of aromatic hydroxyl groups is 1. The fourth-order valence-electron chi connectivity index (χ4n) is 4.22. The molecule has 0 unspecified atom stereocenters. The number of amides is 1. The number of allylic oxidation sites excluding steroid dienone is 1. The van der Waals surface area contributed by atoms with Gasteiger partial charge in [-0.3, -0.25) is 0 Å². The van der Waals surface area contributed by atoms with E-state index in [1.807, 2.05) is 30.3 Å². The second kappa shape index (κ2) is 9.71. The predicted octanol–water partition coefficient (Wildman–Crippen LogP) is 5.20. The third kappa shape index (κ3) is 4.68. The molecule has 3 aromatic carbocycles. The molecule has 164 valence electrons. The summed E-state index contributed by atoms with van der Waals surface area (Å²) in [7, 11) is 0. The summed E-state index contributed by atoms with van der Waals surface area (Å²) in [5, 5.41) is 28.4. The van der Waals surface area contributed by atoms with Crippen molar-refractivity contribution in [2.24, 2.45) is 0 Å². The van der Waals surface area contributed by atoms with Gasteiger partial charge in [0, 0.05) is 25.6 Å². The summed E-state index contributed by atoms with van der Waals surface area (Å²) < 4.78 is 0. The zero-order chi connectivity index (χ0) is 22.5. The summed E-state index contributed by atoms with van der Waals surface area (Å²) in [4.78, 5) is 12.5. The van der Waals surface area contributed by atoms with Crippen molar-refractivity contribution in [2.45, 2.75) is 18.8 Å². The summed E-state index contributed by atoms with van der Waals surface area (Å²) in [6, 6.07) is 25.7. The van der Waals surface area contributed by atoms with E-state index in [0.717, 1.165) is 33.4 Å². The van der Waals surface area contributed by atoms with Gasteiger partial charge in [-0.15, -0.1) is 0 Å². The Morgan fingerprint density at radius 1 is 0.844 bits per heavy atom. The Balaban J connectivity index is 1.76. The van der Waals surface area contributed by atoms with Gasteiger partial charge in [-0.05, 0) is 58.4 Å². The molecule has 3 N–H and O–H groups in total. The molecule has 0 bridgehead atoms. The fourth-order valence-corrected chi connectivity index (χ4v) is 4.22. The lowest BCUT2D eigenvalue weighted by Crippen LogP contribution is -2.47. The number of nitrogens with zero attached hydrogens (tertiary/aromatic N) is 1. The summed E-state index contributed by atoms with van der Waals surface area (Å²) >= 11 is 0. The number of aliphatic hydroxyl groups excluding tert-OH is 1. The lowest BCUT2D eigenvalue weighted by atomic mass is 9.85. The molecule has 0 aromatic heterocycles. The van der Waals surface area contributed by atoms with Crippen LogP contribution in [0.3, 0.4) is 0 Å². The maximum absolute atomic E-state index is 11.1. The highest BCUT2D eigenvalue weighted by Crippen LogP contribution is 2.37. The molecule has 1 saturated heterocycles. The Morgan fingerprint density at radius 3 is 2.00 bits per heavy atom. The first-order valence-electron chi connectivity index (χ1n) is 10.8. The predicted molar refractivity (Wildman–Crippen MR) is 126 cm³/mol. The first-order valence-corrected chi connectivity index (χ1v) is 10.8. The zero-order valence-electron chi connectivity index (χ0n) is 17.8. The van der Waals surface area contributed by atoms with Crippen molar-refractivity contribution in [3.05, 3.63) is 101 Å². The van der Waals surface area contributed by atoms with E-state index in [2.05, 4.69) is 36.4 Å². The van der Waals surface area contributed by atoms with Gasteiger partial charge in [-0.1, -0.05) is 66.7 Å². The average Bonchev–Trinajstić information content (AvgIpc) is 2.77. The van der Waals surface area contributed by atoms with Gasteiger partial charge in [0.15, 0.2) is 0 Å². The number of aliphatic hydroxyl groups is 1. The van der Waals surface area contributed by atoms with E-state index >= 15 is 0 Å². The average molecular weight is 430 g/mol. The van der Waals surface area contributed by atoms with E-state index in [1.165, 1.54) is 4.90 Å².